The molecule has 3 aliphatic rings. The van der Waals surface area contributed by atoms with Crippen molar-refractivity contribution in [3.63, 3.8) is 0 Å². The summed E-state index contributed by atoms with van der Waals surface area (Å²) in [6.07, 6.45) is -6.33. The fourth-order valence-corrected chi connectivity index (χ4v) is 6.39. The number of hydrogen-bond donors (Lipinski definition) is 1. The smallest absolute Gasteiger partial charge is 0.408 e. The molecule has 40 heavy (non-hydrogen) atoms. The van der Waals surface area contributed by atoms with Crippen LogP contribution < -0.4 is 10.2 Å². The van der Waals surface area contributed by atoms with Crippen molar-refractivity contribution in [1.29, 1.82) is 0 Å². The average molecular weight is 568 g/mol. The number of aryl methyl sites for hydroxylation is 1. The van der Waals surface area contributed by atoms with E-state index in [1.54, 1.807) is 6.92 Å². The Morgan fingerprint density at radius 1 is 1.10 bits per heavy atom. The number of aromatic nitrogens is 5. The van der Waals surface area contributed by atoms with Gasteiger partial charge < -0.3 is 14.6 Å². The van der Waals surface area contributed by atoms with Gasteiger partial charge in [-0.05, 0) is 43.9 Å². The zero-order chi connectivity index (χ0) is 28.4. The molecule has 2 aromatic heterocycles. The third-order valence-corrected chi connectivity index (χ3v) is 8.42. The van der Waals surface area contributed by atoms with Crippen molar-refractivity contribution < 1.29 is 30.8 Å². The molecule has 2 aliphatic heterocycles. The molecule has 0 amide bonds. The van der Waals surface area contributed by atoms with Crippen LogP contribution in [0.1, 0.15) is 61.0 Å². The van der Waals surface area contributed by atoms with Crippen molar-refractivity contribution in [1.82, 2.24) is 25.0 Å². The van der Waals surface area contributed by atoms with Crippen LogP contribution in [0.4, 0.5) is 38.3 Å². The number of allylic oxidation sites excluding steroid dienone is 1. The highest BCUT2D eigenvalue weighted by Gasteiger charge is 2.56. The highest BCUT2D eigenvalue weighted by atomic mass is 19.4. The number of nitrogens with one attached hydrogen (secondary N) is 1. The minimum absolute atomic E-state index is 0.0669. The molecule has 1 N–H and O–H groups in total. The van der Waals surface area contributed by atoms with Crippen LogP contribution in [0.2, 0.25) is 0 Å². The van der Waals surface area contributed by atoms with Gasteiger partial charge in [-0.1, -0.05) is 28.9 Å². The first kappa shape index (κ1) is 26.6. The Morgan fingerprint density at radius 3 is 2.48 bits per heavy atom. The molecular formula is C26H27F6N7O. The average Bonchev–Trinajstić information content (AvgIpc) is 3.58. The maximum atomic E-state index is 13.9. The number of halogens is 6. The molecule has 14 heteroatoms. The van der Waals surface area contributed by atoms with E-state index in [-0.39, 0.29) is 35.9 Å². The summed E-state index contributed by atoms with van der Waals surface area (Å²) in [5.41, 5.74) is 0.717. The van der Waals surface area contributed by atoms with E-state index in [0.29, 0.717) is 37.1 Å². The molecule has 3 aromatic rings. The Kier molecular flexibility index (Phi) is 6.15. The predicted octanol–water partition coefficient (Wildman–Crippen LogP) is 5.90. The summed E-state index contributed by atoms with van der Waals surface area (Å²) in [7, 11) is 0. The Labute approximate surface area is 225 Å². The lowest BCUT2D eigenvalue weighted by atomic mass is 9.58. The normalized spacial score (nSPS) is 27.4. The van der Waals surface area contributed by atoms with Gasteiger partial charge in [-0.3, -0.25) is 0 Å². The van der Waals surface area contributed by atoms with Crippen LogP contribution in [0.15, 0.2) is 40.3 Å². The monoisotopic (exact) mass is 567 g/mol. The minimum atomic E-state index is -4.54. The highest BCUT2D eigenvalue weighted by molar-refractivity contribution is 5.42. The van der Waals surface area contributed by atoms with Crippen LogP contribution in [0, 0.1) is 18.3 Å². The van der Waals surface area contributed by atoms with Gasteiger partial charge in [0.25, 0.3) is 0 Å². The van der Waals surface area contributed by atoms with Crippen LogP contribution in [-0.4, -0.2) is 50.8 Å². The van der Waals surface area contributed by atoms with E-state index in [4.69, 9.17) is 4.42 Å². The second kappa shape index (κ2) is 9.23. The summed E-state index contributed by atoms with van der Waals surface area (Å²) in [6.45, 7) is 5.42. The van der Waals surface area contributed by atoms with E-state index in [1.165, 1.54) is 17.7 Å². The van der Waals surface area contributed by atoms with Gasteiger partial charge in [0.15, 0.2) is 0 Å². The first-order chi connectivity index (χ1) is 18.9. The lowest BCUT2D eigenvalue weighted by Crippen LogP contribution is -2.47. The van der Waals surface area contributed by atoms with Crippen molar-refractivity contribution in [2.24, 2.45) is 11.3 Å². The molecule has 4 unspecified atom stereocenters. The summed E-state index contributed by atoms with van der Waals surface area (Å²) in [6, 6.07) is 3.06. The molecule has 0 bridgehead atoms. The SMILES string of the molecule is C/C=C1/CC2(CNc3nc4n(n3)C(C(F)(F)F)CCC4c3ccc(C(F)(F)F)cc3)CN(c3nnc(C)o3)CC12. The van der Waals surface area contributed by atoms with Crippen LogP contribution in [0.5, 0.6) is 0 Å². The van der Waals surface area contributed by atoms with E-state index in [1.807, 2.05) is 11.8 Å². The van der Waals surface area contributed by atoms with Gasteiger partial charge >= 0.3 is 18.4 Å². The summed E-state index contributed by atoms with van der Waals surface area (Å²) in [4.78, 5) is 6.48. The van der Waals surface area contributed by atoms with Crippen molar-refractivity contribution in [2.75, 3.05) is 29.9 Å². The summed E-state index contributed by atoms with van der Waals surface area (Å²) >= 11 is 0. The fraction of sp³-hybridized carbons (Fsp3) is 0.538. The number of fused-ring (bicyclic) bond motifs is 2. The van der Waals surface area contributed by atoms with Crippen molar-refractivity contribution in [3.8, 4) is 0 Å². The Morgan fingerprint density at radius 2 is 1.85 bits per heavy atom. The minimum Gasteiger partial charge on any atom is -0.408 e. The number of nitrogens with zero attached hydrogens (tertiary/aromatic N) is 6. The zero-order valence-electron chi connectivity index (χ0n) is 21.7. The largest absolute Gasteiger partial charge is 0.416 e. The van der Waals surface area contributed by atoms with Gasteiger partial charge in [-0.2, -0.15) is 31.3 Å². The molecule has 214 valence electrons. The molecule has 1 saturated heterocycles. The van der Waals surface area contributed by atoms with Crippen molar-refractivity contribution in [3.05, 3.63) is 58.8 Å². The highest BCUT2D eigenvalue weighted by Crippen LogP contribution is 2.56. The Balaban J connectivity index is 1.26. The molecule has 4 heterocycles. The van der Waals surface area contributed by atoms with Gasteiger partial charge in [0.05, 0.1) is 5.56 Å². The van der Waals surface area contributed by atoms with Crippen molar-refractivity contribution in [2.45, 2.75) is 57.4 Å². The molecule has 1 aromatic carbocycles. The second-order valence-corrected chi connectivity index (χ2v) is 10.8. The quantitative estimate of drug-likeness (QED) is 0.304. The first-order valence-corrected chi connectivity index (χ1v) is 13.0. The molecule has 1 saturated carbocycles. The lowest BCUT2D eigenvalue weighted by Gasteiger charge is -2.46. The van der Waals surface area contributed by atoms with Crippen molar-refractivity contribution >= 4 is 12.0 Å². The van der Waals surface area contributed by atoms with Gasteiger partial charge in [-0.15, -0.1) is 10.2 Å². The number of benzene rings is 1. The molecule has 2 fully saturated rings. The number of rotatable bonds is 5. The van der Waals surface area contributed by atoms with Crippen LogP contribution >= 0.6 is 0 Å². The summed E-state index contributed by atoms with van der Waals surface area (Å²) in [5, 5.41) is 15.4. The molecule has 0 radical (unpaired) electrons. The second-order valence-electron chi connectivity index (χ2n) is 10.8. The van der Waals surface area contributed by atoms with E-state index in [2.05, 4.69) is 31.7 Å². The van der Waals surface area contributed by atoms with Crippen LogP contribution in [-0.2, 0) is 6.18 Å². The van der Waals surface area contributed by atoms with E-state index < -0.39 is 29.9 Å². The van der Waals surface area contributed by atoms with Crippen LogP contribution in [0.3, 0.4) is 0 Å². The third kappa shape index (κ3) is 4.50. The number of alkyl halides is 6. The molecular weight excluding hydrogens is 540 g/mol. The van der Waals surface area contributed by atoms with Gasteiger partial charge in [-0.25, -0.2) is 4.68 Å². The number of hydrogen-bond acceptors (Lipinski definition) is 7. The molecule has 6 rings (SSSR count). The topological polar surface area (TPSA) is 84.9 Å². The Hall–Kier alpha value is -3.58. The van der Waals surface area contributed by atoms with E-state index in [9.17, 15) is 26.3 Å². The molecule has 4 atom stereocenters. The van der Waals surface area contributed by atoms with Gasteiger partial charge in [0, 0.05) is 43.8 Å². The maximum absolute atomic E-state index is 13.9. The van der Waals surface area contributed by atoms with Crippen LogP contribution in [0.25, 0.3) is 0 Å². The summed E-state index contributed by atoms with van der Waals surface area (Å²) in [5.74, 6) is 0.203. The first-order valence-electron chi connectivity index (χ1n) is 13.0. The number of anilines is 2. The summed E-state index contributed by atoms with van der Waals surface area (Å²) < 4.78 is 87.4. The Bertz CT molecular complexity index is 1430. The van der Waals surface area contributed by atoms with E-state index >= 15 is 0 Å². The molecule has 1 aliphatic carbocycles. The van der Waals surface area contributed by atoms with Gasteiger partial charge in [0.1, 0.15) is 11.9 Å². The van der Waals surface area contributed by atoms with Gasteiger partial charge in [0.2, 0.25) is 11.8 Å². The predicted molar refractivity (Wildman–Crippen MR) is 132 cm³/mol. The molecule has 8 nitrogen and oxygen atoms in total. The van der Waals surface area contributed by atoms with E-state index in [0.717, 1.165) is 23.2 Å². The molecule has 0 spiro atoms. The zero-order valence-corrected chi connectivity index (χ0v) is 21.7. The third-order valence-electron chi connectivity index (χ3n) is 8.42. The maximum Gasteiger partial charge on any atom is 0.416 e. The lowest BCUT2D eigenvalue weighted by molar-refractivity contribution is -0.175. The standard InChI is InChI=1S/C26H27F6N7O/c1-3-15-10-24(13-38(11-19(15)24)23-36-35-14(2)40-23)12-33-22-34-21-18(8-9-20(26(30,31)32)39(21)37-22)16-4-6-17(7-5-16)25(27,28)29/h3-7,18-20H,8-13H2,1-2H3,(H,33,37)/b15-3-. The fourth-order valence-electron chi connectivity index (χ4n) is 6.39.